The number of rotatable bonds is 4. The predicted octanol–water partition coefficient (Wildman–Crippen LogP) is 4.59. The van der Waals surface area contributed by atoms with Crippen molar-refractivity contribution in [2.75, 3.05) is 0 Å². The van der Waals surface area contributed by atoms with Crippen LogP contribution in [0.25, 0.3) is 0 Å². The van der Waals surface area contributed by atoms with Crippen molar-refractivity contribution in [1.82, 2.24) is 5.48 Å². The Kier molecular flexibility index (Phi) is 5.17. The first kappa shape index (κ1) is 13.9. The summed E-state index contributed by atoms with van der Waals surface area (Å²) in [6.45, 7) is 0. The summed E-state index contributed by atoms with van der Waals surface area (Å²) in [4.78, 5) is 6.01. The molecule has 0 radical (unpaired) electrons. The Morgan fingerprint density at radius 3 is 2.05 bits per heavy atom. The van der Waals surface area contributed by atoms with E-state index in [1.165, 1.54) is 83.5 Å². The molecular formula is C17H31NO. The highest BCUT2D eigenvalue weighted by atomic mass is 16.7. The maximum absolute atomic E-state index is 6.01. The average molecular weight is 265 g/mol. The summed E-state index contributed by atoms with van der Waals surface area (Å²) in [6.07, 6.45) is 18.8. The monoisotopic (exact) mass is 265 g/mol. The number of hydroxylamine groups is 1. The van der Waals surface area contributed by atoms with Gasteiger partial charge in [0, 0.05) is 6.04 Å². The summed E-state index contributed by atoms with van der Waals surface area (Å²) in [5, 5.41) is 0. The molecule has 1 N–H and O–H groups in total. The van der Waals surface area contributed by atoms with E-state index in [2.05, 4.69) is 5.48 Å². The second-order valence-corrected chi connectivity index (χ2v) is 7.10. The third-order valence-electron chi connectivity index (χ3n) is 5.76. The topological polar surface area (TPSA) is 21.3 Å². The van der Waals surface area contributed by atoms with Crippen molar-refractivity contribution in [1.29, 1.82) is 0 Å². The van der Waals surface area contributed by atoms with Crippen molar-refractivity contribution in [2.45, 2.75) is 95.6 Å². The third-order valence-corrected chi connectivity index (χ3v) is 5.76. The Balaban J connectivity index is 1.50. The first-order valence-corrected chi connectivity index (χ1v) is 8.84. The van der Waals surface area contributed by atoms with E-state index in [1.807, 2.05) is 0 Å². The minimum Gasteiger partial charge on any atom is -0.298 e. The highest BCUT2D eigenvalue weighted by Gasteiger charge is 2.33. The zero-order valence-electron chi connectivity index (χ0n) is 12.4. The van der Waals surface area contributed by atoms with Gasteiger partial charge in [0.2, 0.25) is 0 Å². The minimum absolute atomic E-state index is 0.508. The Bertz CT molecular complexity index is 256. The first-order valence-electron chi connectivity index (χ1n) is 8.84. The van der Waals surface area contributed by atoms with Crippen LogP contribution in [-0.2, 0) is 4.84 Å². The van der Waals surface area contributed by atoms with Gasteiger partial charge < -0.3 is 0 Å². The largest absolute Gasteiger partial charge is 0.298 e. The third kappa shape index (κ3) is 3.72. The normalized spacial score (nSPS) is 34.7. The van der Waals surface area contributed by atoms with Gasteiger partial charge in [-0.3, -0.25) is 4.84 Å². The van der Waals surface area contributed by atoms with Gasteiger partial charge in [-0.1, -0.05) is 57.8 Å². The highest BCUT2D eigenvalue weighted by molar-refractivity contribution is 4.85. The lowest BCUT2D eigenvalue weighted by atomic mass is 9.71. The molecule has 0 spiro atoms. The molecule has 0 aromatic carbocycles. The van der Waals surface area contributed by atoms with Crippen LogP contribution in [0.2, 0.25) is 0 Å². The van der Waals surface area contributed by atoms with E-state index in [-0.39, 0.29) is 0 Å². The van der Waals surface area contributed by atoms with E-state index in [4.69, 9.17) is 4.84 Å². The molecule has 3 fully saturated rings. The lowest BCUT2D eigenvalue weighted by Crippen LogP contribution is -2.43. The van der Waals surface area contributed by atoms with Crippen LogP contribution >= 0.6 is 0 Å². The summed E-state index contributed by atoms with van der Waals surface area (Å²) < 4.78 is 0. The maximum atomic E-state index is 6.01. The molecule has 19 heavy (non-hydrogen) atoms. The predicted molar refractivity (Wildman–Crippen MR) is 78.8 cm³/mol. The van der Waals surface area contributed by atoms with Crippen molar-refractivity contribution < 1.29 is 4.84 Å². The van der Waals surface area contributed by atoms with Crippen LogP contribution in [0.5, 0.6) is 0 Å². The standard InChI is InChI=1S/C17H31NO/c1-2-8-14(9-3-1)16-12-6-7-13-17(16)18-19-15-10-4-5-11-15/h14-18H,1-13H2. The molecule has 0 aliphatic heterocycles. The van der Waals surface area contributed by atoms with Gasteiger partial charge in [-0.15, -0.1) is 0 Å². The van der Waals surface area contributed by atoms with Crippen LogP contribution < -0.4 is 5.48 Å². The molecule has 3 rings (SSSR count). The number of hydrogen-bond acceptors (Lipinski definition) is 2. The minimum atomic E-state index is 0.508. The van der Waals surface area contributed by atoms with Gasteiger partial charge in [-0.05, 0) is 37.5 Å². The van der Waals surface area contributed by atoms with E-state index >= 15 is 0 Å². The van der Waals surface area contributed by atoms with Gasteiger partial charge in [-0.25, -0.2) is 0 Å². The molecule has 2 unspecified atom stereocenters. The van der Waals surface area contributed by atoms with Crippen molar-refractivity contribution in [3.8, 4) is 0 Å². The Morgan fingerprint density at radius 2 is 1.26 bits per heavy atom. The summed E-state index contributed by atoms with van der Waals surface area (Å²) in [5.41, 5.74) is 3.51. The fraction of sp³-hybridized carbons (Fsp3) is 1.00. The fourth-order valence-corrected chi connectivity index (χ4v) is 4.62. The van der Waals surface area contributed by atoms with Crippen LogP contribution in [0.1, 0.15) is 83.5 Å². The molecule has 2 heteroatoms. The smallest absolute Gasteiger partial charge is 0.0790 e. The first-order chi connectivity index (χ1) is 9.43. The highest BCUT2D eigenvalue weighted by Crippen LogP contribution is 2.38. The van der Waals surface area contributed by atoms with Gasteiger partial charge in [-0.2, -0.15) is 5.48 Å². The van der Waals surface area contributed by atoms with Gasteiger partial charge >= 0.3 is 0 Å². The molecular weight excluding hydrogens is 234 g/mol. The lowest BCUT2D eigenvalue weighted by Gasteiger charge is -2.39. The summed E-state index contributed by atoms with van der Waals surface area (Å²) in [7, 11) is 0. The molecule has 2 nitrogen and oxygen atoms in total. The van der Waals surface area contributed by atoms with Crippen molar-refractivity contribution in [3.63, 3.8) is 0 Å². The van der Waals surface area contributed by atoms with E-state index < -0.39 is 0 Å². The van der Waals surface area contributed by atoms with E-state index in [0.29, 0.717) is 12.1 Å². The molecule has 110 valence electrons. The number of hydrogen-bond donors (Lipinski definition) is 1. The molecule has 3 aliphatic carbocycles. The van der Waals surface area contributed by atoms with E-state index in [1.54, 1.807) is 0 Å². The van der Waals surface area contributed by atoms with E-state index in [9.17, 15) is 0 Å². The van der Waals surface area contributed by atoms with Crippen LogP contribution in [0.3, 0.4) is 0 Å². The zero-order chi connectivity index (χ0) is 12.9. The molecule has 2 atom stereocenters. The van der Waals surface area contributed by atoms with Crippen LogP contribution in [0.15, 0.2) is 0 Å². The van der Waals surface area contributed by atoms with Gasteiger partial charge in [0.05, 0.1) is 6.10 Å². The molecule has 0 heterocycles. The van der Waals surface area contributed by atoms with Gasteiger partial charge in [0.15, 0.2) is 0 Å². The summed E-state index contributed by atoms with van der Waals surface area (Å²) in [5.74, 6) is 1.88. The van der Waals surface area contributed by atoms with Crippen molar-refractivity contribution in [3.05, 3.63) is 0 Å². The SMILES string of the molecule is C1CCC(C2CCCCC2NOC2CCCC2)CC1. The quantitative estimate of drug-likeness (QED) is 0.751. The van der Waals surface area contributed by atoms with Crippen molar-refractivity contribution >= 4 is 0 Å². The fourth-order valence-electron chi connectivity index (χ4n) is 4.62. The van der Waals surface area contributed by atoms with Crippen LogP contribution in [-0.4, -0.2) is 12.1 Å². The Morgan fingerprint density at radius 1 is 0.632 bits per heavy atom. The molecule has 0 aromatic rings. The molecule has 0 aromatic heterocycles. The maximum Gasteiger partial charge on any atom is 0.0790 e. The second kappa shape index (κ2) is 7.08. The van der Waals surface area contributed by atoms with Crippen molar-refractivity contribution in [2.24, 2.45) is 11.8 Å². The van der Waals surface area contributed by atoms with Gasteiger partial charge in [0.25, 0.3) is 0 Å². The molecule has 0 saturated heterocycles. The molecule has 3 aliphatic rings. The lowest BCUT2D eigenvalue weighted by molar-refractivity contribution is -0.0655. The van der Waals surface area contributed by atoms with Crippen LogP contribution in [0.4, 0.5) is 0 Å². The molecule has 0 bridgehead atoms. The van der Waals surface area contributed by atoms with Crippen LogP contribution in [0, 0.1) is 11.8 Å². The zero-order valence-corrected chi connectivity index (χ0v) is 12.4. The molecule has 0 amide bonds. The average Bonchev–Trinajstić information content (AvgIpc) is 3.00. The Hall–Kier alpha value is -0.0800. The number of nitrogens with one attached hydrogen (secondary N) is 1. The Labute approximate surface area is 118 Å². The van der Waals surface area contributed by atoms with Gasteiger partial charge in [0.1, 0.15) is 0 Å². The second-order valence-electron chi connectivity index (χ2n) is 7.10. The summed E-state index contributed by atoms with van der Waals surface area (Å²) in [6, 6.07) is 0.650. The molecule has 3 saturated carbocycles. The summed E-state index contributed by atoms with van der Waals surface area (Å²) >= 11 is 0. The van der Waals surface area contributed by atoms with E-state index in [0.717, 1.165) is 11.8 Å².